The Morgan fingerprint density at radius 2 is 2.03 bits per heavy atom. The summed E-state index contributed by atoms with van der Waals surface area (Å²) in [5, 5.41) is 24.0. The van der Waals surface area contributed by atoms with E-state index in [1.807, 2.05) is 36.5 Å². The van der Waals surface area contributed by atoms with Crippen LogP contribution in [0, 0.1) is 22.8 Å². The van der Waals surface area contributed by atoms with Gasteiger partial charge in [0.15, 0.2) is 6.19 Å². The minimum absolute atomic E-state index is 0.00652. The number of hydrogen-bond acceptors (Lipinski definition) is 11. The number of nitrogens with zero attached hydrogens (tertiary/aromatic N) is 5. The number of nitriles is 2. The van der Waals surface area contributed by atoms with E-state index in [0.717, 1.165) is 25.2 Å². The van der Waals surface area contributed by atoms with E-state index in [1.54, 1.807) is 0 Å². The van der Waals surface area contributed by atoms with Gasteiger partial charge in [-0.25, -0.2) is 9.98 Å². The zero-order valence-corrected chi connectivity index (χ0v) is 19.1. The molecule has 0 spiro atoms. The van der Waals surface area contributed by atoms with Crippen molar-refractivity contribution in [3.8, 4) is 18.0 Å². The fraction of sp³-hybridized carbons (Fsp3) is 0.391. The maximum absolute atomic E-state index is 9.48. The average Bonchev–Trinajstić information content (AvgIpc) is 2.78. The fourth-order valence-corrected chi connectivity index (χ4v) is 4.36. The zero-order chi connectivity index (χ0) is 24.2. The minimum atomic E-state index is -0.614. The minimum Gasteiger partial charge on any atom is -0.492 e. The van der Waals surface area contributed by atoms with Crippen LogP contribution in [0.4, 0.5) is 17.3 Å². The summed E-state index contributed by atoms with van der Waals surface area (Å²) in [4.78, 5) is 11.2. The van der Waals surface area contributed by atoms with E-state index in [1.165, 1.54) is 0 Å². The van der Waals surface area contributed by atoms with Crippen molar-refractivity contribution in [2.24, 2.45) is 4.99 Å². The molecule has 0 aliphatic carbocycles. The van der Waals surface area contributed by atoms with E-state index < -0.39 is 6.04 Å². The molecule has 2 aliphatic heterocycles. The number of aliphatic imine (C=N–C) groups is 1. The van der Waals surface area contributed by atoms with Crippen molar-refractivity contribution in [1.29, 1.82) is 10.5 Å². The van der Waals surface area contributed by atoms with Gasteiger partial charge in [-0.05, 0) is 31.5 Å². The van der Waals surface area contributed by atoms with Gasteiger partial charge in [0.05, 0.1) is 17.9 Å². The number of benzene rings is 1. The monoisotopic (exact) mass is 461 g/mol. The third-order valence-corrected chi connectivity index (χ3v) is 5.70. The highest BCUT2D eigenvalue weighted by atomic mass is 16.5. The third kappa shape index (κ3) is 4.81. The van der Waals surface area contributed by atoms with Crippen LogP contribution >= 0.6 is 0 Å². The normalized spacial score (nSPS) is 21.9. The largest absolute Gasteiger partial charge is 0.492 e. The number of ether oxygens (including phenoxy) is 2. The summed E-state index contributed by atoms with van der Waals surface area (Å²) in [7, 11) is 0. The van der Waals surface area contributed by atoms with Gasteiger partial charge >= 0.3 is 0 Å². The smallest absolute Gasteiger partial charge is 0.211 e. The number of pyridine rings is 1. The molecule has 3 atom stereocenters. The highest BCUT2D eigenvalue weighted by molar-refractivity contribution is 5.98. The van der Waals surface area contributed by atoms with Crippen LogP contribution < -0.4 is 26.8 Å². The molecular formula is C23H27N9O2. The summed E-state index contributed by atoms with van der Waals surface area (Å²) in [5.74, 6) is 1.23. The van der Waals surface area contributed by atoms with Crippen molar-refractivity contribution in [3.63, 3.8) is 0 Å². The maximum atomic E-state index is 9.48. The predicted octanol–water partition coefficient (Wildman–Crippen LogP) is 1.55. The molecule has 34 heavy (non-hydrogen) atoms. The highest BCUT2D eigenvalue weighted by Crippen LogP contribution is 2.41. The Morgan fingerprint density at radius 1 is 1.26 bits per heavy atom. The van der Waals surface area contributed by atoms with Gasteiger partial charge in [0, 0.05) is 25.2 Å². The standard InChI is InChI=1S/C23H27N9O2/c1-13-10-32(11-14(2)34-13)6-7-33-16-5-3-4-15(8-16)20-18-19(26)17(9-24)21(27)30-22(18)31-23(29-20)28-12-25/h3-5,8,13-14,20H,6-7,10-11H2,1-2H3,(H6,26,27,28,29,30,31). The Labute approximate surface area is 198 Å². The molecule has 11 nitrogen and oxygen atoms in total. The quantitative estimate of drug-likeness (QED) is 0.378. The van der Waals surface area contributed by atoms with Gasteiger partial charge in [-0.2, -0.15) is 10.5 Å². The number of morpholine rings is 1. The average molecular weight is 462 g/mol. The Bertz CT molecular complexity index is 1170. The molecule has 3 heterocycles. The number of fused-ring (bicyclic) bond motifs is 1. The number of aromatic nitrogens is 1. The van der Waals surface area contributed by atoms with Crippen LogP contribution in [-0.4, -0.2) is 54.3 Å². The SMILES string of the molecule is CC1CN(CCOc2cccc(C3N=C(NC#N)Nc4nc(N)c(C#N)c(N)c43)c2)CC(C)O1. The molecule has 2 aliphatic rings. The Balaban J connectivity index is 1.57. The molecule has 6 N–H and O–H groups in total. The molecule has 3 unspecified atom stereocenters. The lowest BCUT2D eigenvalue weighted by Crippen LogP contribution is -2.46. The number of rotatable bonds is 5. The lowest BCUT2D eigenvalue weighted by Gasteiger charge is -2.35. The van der Waals surface area contributed by atoms with Gasteiger partial charge in [-0.1, -0.05) is 12.1 Å². The van der Waals surface area contributed by atoms with E-state index in [9.17, 15) is 5.26 Å². The van der Waals surface area contributed by atoms with Crippen molar-refractivity contribution in [2.45, 2.75) is 32.1 Å². The van der Waals surface area contributed by atoms with Crippen LogP contribution in [0.25, 0.3) is 0 Å². The first-order valence-corrected chi connectivity index (χ1v) is 11.0. The van der Waals surface area contributed by atoms with Crippen LogP contribution in [-0.2, 0) is 4.74 Å². The van der Waals surface area contributed by atoms with Crippen LogP contribution in [0.15, 0.2) is 29.3 Å². The first-order chi connectivity index (χ1) is 16.4. The zero-order valence-electron chi connectivity index (χ0n) is 19.1. The van der Waals surface area contributed by atoms with Crippen LogP contribution in [0.1, 0.15) is 36.6 Å². The number of hydrogen-bond donors (Lipinski definition) is 4. The first kappa shape index (κ1) is 23.1. The van der Waals surface area contributed by atoms with Crippen LogP contribution in [0.2, 0.25) is 0 Å². The summed E-state index contributed by atoms with van der Waals surface area (Å²) in [5.41, 5.74) is 13.8. The number of nitrogens with one attached hydrogen (secondary N) is 2. The summed E-state index contributed by atoms with van der Waals surface area (Å²) in [6.45, 7) is 7.21. The third-order valence-electron chi connectivity index (χ3n) is 5.70. The molecule has 1 aromatic carbocycles. The van der Waals surface area contributed by atoms with Crippen LogP contribution in [0.5, 0.6) is 5.75 Å². The van der Waals surface area contributed by atoms with Gasteiger partial charge in [-0.3, -0.25) is 10.2 Å². The number of nitrogen functional groups attached to an aromatic ring is 2. The molecule has 176 valence electrons. The maximum Gasteiger partial charge on any atom is 0.211 e. The van der Waals surface area contributed by atoms with Gasteiger partial charge in [0.25, 0.3) is 0 Å². The van der Waals surface area contributed by atoms with E-state index in [2.05, 4.69) is 39.4 Å². The molecule has 1 saturated heterocycles. The second-order valence-electron chi connectivity index (χ2n) is 8.34. The molecule has 0 radical (unpaired) electrons. The van der Waals surface area contributed by atoms with E-state index in [0.29, 0.717) is 23.7 Å². The number of guanidine groups is 1. The first-order valence-electron chi connectivity index (χ1n) is 11.0. The lowest BCUT2D eigenvalue weighted by atomic mass is 9.95. The van der Waals surface area contributed by atoms with Crippen molar-refractivity contribution in [1.82, 2.24) is 15.2 Å². The Hall–Kier alpha value is -4.06. The second kappa shape index (κ2) is 9.83. The van der Waals surface area contributed by atoms with Crippen LogP contribution in [0.3, 0.4) is 0 Å². The molecule has 11 heteroatoms. The molecule has 1 fully saturated rings. The van der Waals surface area contributed by atoms with Gasteiger partial charge in [0.2, 0.25) is 5.96 Å². The Morgan fingerprint density at radius 3 is 2.74 bits per heavy atom. The highest BCUT2D eigenvalue weighted by Gasteiger charge is 2.30. The van der Waals surface area contributed by atoms with Crippen molar-refractivity contribution in [2.75, 3.05) is 43.0 Å². The topological polar surface area (TPSA) is 171 Å². The van der Waals surface area contributed by atoms with Crippen molar-refractivity contribution in [3.05, 3.63) is 41.0 Å². The molecule has 1 aromatic heterocycles. The summed E-state index contributed by atoms with van der Waals surface area (Å²) < 4.78 is 11.8. The summed E-state index contributed by atoms with van der Waals surface area (Å²) in [6, 6.07) is 8.89. The molecule has 0 amide bonds. The lowest BCUT2D eigenvalue weighted by molar-refractivity contribution is -0.0699. The Kier molecular flexibility index (Phi) is 6.68. The molecule has 2 aromatic rings. The molecule has 0 saturated carbocycles. The second-order valence-corrected chi connectivity index (χ2v) is 8.34. The number of anilines is 3. The molecule has 0 bridgehead atoms. The van der Waals surface area contributed by atoms with Crippen molar-refractivity contribution < 1.29 is 9.47 Å². The molecule has 4 rings (SSSR count). The van der Waals surface area contributed by atoms with Gasteiger partial charge in [-0.15, -0.1) is 0 Å². The van der Waals surface area contributed by atoms with Gasteiger partial charge < -0.3 is 26.3 Å². The fourth-order valence-electron chi connectivity index (χ4n) is 4.36. The van der Waals surface area contributed by atoms with Crippen molar-refractivity contribution >= 4 is 23.3 Å². The predicted molar refractivity (Wildman–Crippen MR) is 128 cm³/mol. The summed E-state index contributed by atoms with van der Waals surface area (Å²) >= 11 is 0. The van der Waals surface area contributed by atoms with E-state index >= 15 is 0 Å². The van der Waals surface area contributed by atoms with E-state index in [-0.39, 0.29) is 35.2 Å². The number of nitrogens with two attached hydrogens (primary N) is 2. The van der Waals surface area contributed by atoms with E-state index in [4.69, 9.17) is 26.2 Å². The van der Waals surface area contributed by atoms with Gasteiger partial charge in [0.1, 0.15) is 41.7 Å². The molecular weight excluding hydrogens is 434 g/mol. The summed E-state index contributed by atoms with van der Waals surface area (Å²) in [6.07, 6.45) is 2.25.